The number of nitrogens with two attached hydrogens (primary N) is 4. The molecular weight excluding hydrogens is 602 g/mol. The fraction of sp³-hybridized carbons (Fsp3) is 0.552. The molecule has 46 heavy (non-hydrogen) atoms. The second kappa shape index (κ2) is 21.1. The Labute approximate surface area is 267 Å². The molecule has 0 saturated heterocycles. The number of aliphatic carboxylic acids is 2. The van der Waals surface area contributed by atoms with Gasteiger partial charge in [-0.25, -0.2) is 4.79 Å². The fourth-order valence-electron chi connectivity index (χ4n) is 4.22. The van der Waals surface area contributed by atoms with E-state index in [0.29, 0.717) is 24.9 Å². The number of benzene rings is 1. The van der Waals surface area contributed by atoms with Crippen molar-refractivity contribution >= 4 is 41.5 Å². The van der Waals surface area contributed by atoms with Crippen molar-refractivity contribution in [2.24, 2.45) is 27.9 Å². The number of carboxylic acid groups (broad SMARTS) is 2. The van der Waals surface area contributed by atoms with Crippen LogP contribution in [0.25, 0.3) is 0 Å². The summed E-state index contributed by atoms with van der Waals surface area (Å²) < 4.78 is 0. The van der Waals surface area contributed by atoms with E-state index < -0.39 is 65.8 Å². The number of carbonyl (C=O) groups is 6. The van der Waals surface area contributed by atoms with Crippen molar-refractivity contribution in [1.29, 1.82) is 0 Å². The average Bonchev–Trinajstić information content (AvgIpc) is 3.00. The number of amides is 4. The first-order valence-corrected chi connectivity index (χ1v) is 15.0. The Morgan fingerprint density at radius 3 is 1.93 bits per heavy atom. The predicted octanol–water partition coefficient (Wildman–Crippen LogP) is -2.35. The zero-order valence-corrected chi connectivity index (χ0v) is 25.9. The van der Waals surface area contributed by atoms with Crippen LogP contribution in [0.5, 0.6) is 0 Å². The van der Waals surface area contributed by atoms with Crippen molar-refractivity contribution in [2.45, 2.75) is 88.5 Å². The number of carbonyl (C=O) groups excluding carboxylic acids is 4. The van der Waals surface area contributed by atoms with Crippen LogP contribution in [0.15, 0.2) is 35.3 Å². The maximum Gasteiger partial charge on any atom is 0.326 e. The molecule has 1 rings (SSSR count). The highest BCUT2D eigenvalue weighted by Crippen LogP contribution is 2.08. The number of nitrogens with one attached hydrogen (secondary N) is 4. The second-order valence-electron chi connectivity index (χ2n) is 10.7. The van der Waals surface area contributed by atoms with Gasteiger partial charge in [0, 0.05) is 19.4 Å². The van der Waals surface area contributed by atoms with Gasteiger partial charge in [-0.05, 0) is 57.6 Å². The maximum atomic E-state index is 13.6. The molecule has 1 aromatic rings. The van der Waals surface area contributed by atoms with Crippen LogP contribution < -0.4 is 44.2 Å². The molecule has 0 radical (unpaired) electrons. The summed E-state index contributed by atoms with van der Waals surface area (Å²) in [4.78, 5) is 78.8. The van der Waals surface area contributed by atoms with Crippen molar-refractivity contribution < 1.29 is 39.0 Å². The topological polar surface area (TPSA) is 307 Å². The van der Waals surface area contributed by atoms with Gasteiger partial charge in [0.05, 0.1) is 6.04 Å². The van der Waals surface area contributed by atoms with Crippen molar-refractivity contribution in [3.63, 3.8) is 0 Å². The molecule has 4 amide bonds. The number of hydrogen-bond donors (Lipinski definition) is 10. The lowest BCUT2D eigenvalue weighted by atomic mass is 10.0. The summed E-state index contributed by atoms with van der Waals surface area (Å²) in [6.07, 6.45) is 0.969. The highest BCUT2D eigenvalue weighted by molar-refractivity contribution is 5.95. The Hall–Kier alpha value is -4.77. The van der Waals surface area contributed by atoms with E-state index in [0.717, 1.165) is 0 Å². The van der Waals surface area contributed by atoms with Crippen LogP contribution in [0.4, 0.5) is 0 Å². The van der Waals surface area contributed by atoms with E-state index >= 15 is 0 Å². The zero-order valence-electron chi connectivity index (χ0n) is 25.9. The minimum Gasteiger partial charge on any atom is -0.481 e. The number of guanidine groups is 1. The molecule has 256 valence electrons. The van der Waals surface area contributed by atoms with Gasteiger partial charge in [-0.15, -0.1) is 0 Å². The van der Waals surface area contributed by atoms with E-state index in [1.54, 1.807) is 30.3 Å². The lowest BCUT2D eigenvalue weighted by molar-refractivity contribution is -0.142. The summed E-state index contributed by atoms with van der Waals surface area (Å²) >= 11 is 0. The summed E-state index contributed by atoms with van der Waals surface area (Å²) in [5, 5.41) is 28.5. The lowest BCUT2D eigenvalue weighted by Gasteiger charge is -2.26. The van der Waals surface area contributed by atoms with Crippen LogP contribution >= 0.6 is 0 Å². The van der Waals surface area contributed by atoms with E-state index in [-0.39, 0.29) is 51.0 Å². The fourth-order valence-corrected chi connectivity index (χ4v) is 4.22. The van der Waals surface area contributed by atoms with Crippen LogP contribution in [0.3, 0.4) is 0 Å². The average molecular weight is 650 g/mol. The van der Waals surface area contributed by atoms with Gasteiger partial charge in [-0.3, -0.25) is 29.0 Å². The van der Waals surface area contributed by atoms with Gasteiger partial charge in [-0.2, -0.15) is 0 Å². The molecule has 0 aliphatic carbocycles. The molecule has 0 saturated carbocycles. The Morgan fingerprint density at radius 1 is 0.761 bits per heavy atom. The quantitative estimate of drug-likeness (QED) is 0.0359. The van der Waals surface area contributed by atoms with Crippen LogP contribution in [-0.4, -0.2) is 95.0 Å². The minimum atomic E-state index is -1.25. The largest absolute Gasteiger partial charge is 0.481 e. The van der Waals surface area contributed by atoms with E-state index in [4.69, 9.17) is 28.0 Å². The van der Waals surface area contributed by atoms with Crippen LogP contribution in [0.1, 0.15) is 57.4 Å². The molecular formula is C29H47N9O8. The number of carboxylic acids is 2. The first-order chi connectivity index (χ1) is 21.7. The van der Waals surface area contributed by atoms with Crippen LogP contribution in [0.2, 0.25) is 0 Å². The highest BCUT2D eigenvalue weighted by atomic mass is 16.4. The van der Waals surface area contributed by atoms with E-state index in [9.17, 15) is 33.9 Å². The molecule has 14 N–H and O–H groups in total. The zero-order chi connectivity index (χ0) is 34.6. The number of rotatable bonds is 22. The normalized spacial score (nSPS) is 14.0. The number of nitrogens with zero attached hydrogens (tertiary/aromatic N) is 1. The molecule has 0 bridgehead atoms. The van der Waals surface area contributed by atoms with Crippen molar-refractivity contribution in [2.75, 3.05) is 13.1 Å². The molecule has 5 atom stereocenters. The molecule has 0 spiro atoms. The lowest BCUT2D eigenvalue weighted by Crippen LogP contribution is -2.58. The third kappa shape index (κ3) is 15.8. The third-order valence-corrected chi connectivity index (χ3v) is 6.81. The number of unbranched alkanes of at least 4 members (excludes halogenated alkanes) is 1. The Balaban J connectivity index is 3.15. The monoisotopic (exact) mass is 649 g/mol. The van der Waals surface area contributed by atoms with Crippen LogP contribution in [0, 0.1) is 0 Å². The predicted molar refractivity (Wildman–Crippen MR) is 169 cm³/mol. The highest BCUT2D eigenvalue weighted by Gasteiger charge is 2.31. The minimum absolute atomic E-state index is 0.0103. The molecule has 0 aromatic heterocycles. The molecule has 0 unspecified atom stereocenters. The number of hydrogen-bond acceptors (Lipinski definition) is 9. The SMILES string of the molecule is C[C@H](NC(=O)[C@@H](N)CCC(=O)O)C(=O)N[C@@H](Cc1ccccc1)C(=O)N[C@@H](CCCN=C(N)N)C(=O)N[C@@H](CCCCN)C(=O)O. The van der Waals surface area contributed by atoms with Crippen molar-refractivity contribution in [1.82, 2.24) is 21.3 Å². The summed E-state index contributed by atoms with van der Waals surface area (Å²) in [6, 6.07) is 2.74. The molecule has 0 aliphatic heterocycles. The van der Waals surface area contributed by atoms with E-state index in [2.05, 4.69) is 26.3 Å². The third-order valence-electron chi connectivity index (χ3n) is 6.81. The molecule has 0 aliphatic rings. The van der Waals surface area contributed by atoms with Gasteiger partial charge < -0.3 is 54.4 Å². The second-order valence-corrected chi connectivity index (χ2v) is 10.7. The summed E-state index contributed by atoms with van der Waals surface area (Å²) in [6.45, 7) is 1.86. The van der Waals surface area contributed by atoms with E-state index in [1.165, 1.54) is 6.92 Å². The van der Waals surface area contributed by atoms with Gasteiger partial charge >= 0.3 is 11.9 Å². The van der Waals surface area contributed by atoms with Gasteiger partial charge in [0.25, 0.3) is 0 Å². The smallest absolute Gasteiger partial charge is 0.326 e. The molecule has 17 nitrogen and oxygen atoms in total. The Bertz CT molecular complexity index is 1190. The van der Waals surface area contributed by atoms with Gasteiger partial charge in [-0.1, -0.05) is 30.3 Å². The number of aliphatic imine (C=N–C) groups is 1. The summed E-state index contributed by atoms with van der Waals surface area (Å²) in [7, 11) is 0. The van der Waals surface area contributed by atoms with Gasteiger partial charge in [0.15, 0.2) is 5.96 Å². The Kier molecular flexibility index (Phi) is 18.0. The molecule has 0 fully saturated rings. The van der Waals surface area contributed by atoms with Crippen molar-refractivity contribution in [3.05, 3.63) is 35.9 Å². The maximum absolute atomic E-state index is 13.6. The first kappa shape index (κ1) is 39.3. The summed E-state index contributed by atoms with van der Waals surface area (Å²) in [5.74, 6) is -5.52. The summed E-state index contributed by atoms with van der Waals surface area (Å²) in [5.41, 5.74) is 22.6. The van der Waals surface area contributed by atoms with Crippen molar-refractivity contribution in [3.8, 4) is 0 Å². The molecule has 17 heteroatoms. The molecule has 1 aromatic carbocycles. The van der Waals surface area contributed by atoms with Gasteiger partial charge in [0.2, 0.25) is 23.6 Å². The first-order valence-electron chi connectivity index (χ1n) is 15.0. The Morgan fingerprint density at radius 2 is 1.35 bits per heavy atom. The van der Waals surface area contributed by atoms with Crippen LogP contribution in [-0.2, 0) is 35.2 Å². The standard InChI is InChI=1S/C29H47N9O8/c1-17(35-25(42)19(31)12-13-23(39)40)24(41)38-22(16-18-8-3-2-4-9-18)27(44)36-20(11-7-15-34-29(32)33)26(43)37-21(28(45)46)10-5-6-14-30/h2-4,8-9,17,19-22H,5-7,10-16,30-31H2,1H3,(H,35,42)(H,36,44)(H,37,43)(H,38,41)(H,39,40)(H,45,46)(H4,32,33,34)/t17-,19-,20-,21-,22-/m0/s1. The van der Waals surface area contributed by atoms with E-state index in [1.807, 2.05) is 0 Å². The van der Waals surface area contributed by atoms with Gasteiger partial charge in [0.1, 0.15) is 24.2 Å². The molecule has 0 heterocycles.